The lowest BCUT2D eigenvalue weighted by Crippen LogP contribution is -2.45. The quantitative estimate of drug-likeness (QED) is 0.903. The molecule has 0 saturated heterocycles. The molecule has 1 heterocycles. The molecule has 0 fully saturated rings. The van der Waals surface area contributed by atoms with Crippen LogP contribution in [0.3, 0.4) is 0 Å². The molecular formula is C15H21NO4. The summed E-state index contributed by atoms with van der Waals surface area (Å²) < 4.78 is 16.2. The highest BCUT2D eigenvalue weighted by molar-refractivity contribution is 5.68. The SMILES string of the molecule is COc1cccc2c1C[C@@H](NC(=O)OC(C)(C)C)CO2. The molecule has 1 atom stereocenters. The third kappa shape index (κ3) is 3.56. The minimum Gasteiger partial charge on any atom is -0.496 e. The fraction of sp³-hybridized carbons (Fsp3) is 0.533. The molecule has 1 N–H and O–H groups in total. The fourth-order valence-corrected chi connectivity index (χ4v) is 2.14. The number of nitrogens with one attached hydrogen (secondary N) is 1. The number of alkyl carbamates (subject to hydrolysis) is 1. The monoisotopic (exact) mass is 279 g/mol. The molecule has 0 radical (unpaired) electrons. The Hall–Kier alpha value is -1.91. The van der Waals surface area contributed by atoms with Crippen molar-refractivity contribution in [2.45, 2.75) is 38.8 Å². The third-order valence-corrected chi connectivity index (χ3v) is 2.92. The number of rotatable bonds is 2. The zero-order valence-electron chi connectivity index (χ0n) is 12.4. The summed E-state index contributed by atoms with van der Waals surface area (Å²) in [4.78, 5) is 11.8. The average Bonchev–Trinajstić information content (AvgIpc) is 2.35. The van der Waals surface area contributed by atoms with Gasteiger partial charge in [0.2, 0.25) is 0 Å². The zero-order chi connectivity index (χ0) is 14.8. The highest BCUT2D eigenvalue weighted by atomic mass is 16.6. The molecule has 0 aromatic heterocycles. The molecule has 0 bridgehead atoms. The molecular weight excluding hydrogens is 258 g/mol. The van der Waals surface area contributed by atoms with Gasteiger partial charge in [-0.1, -0.05) is 6.07 Å². The smallest absolute Gasteiger partial charge is 0.408 e. The van der Waals surface area contributed by atoms with Crippen LogP contribution in [0.15, 0.2) is 18.2 Å². The number of benzene rings is 1. The van der Waals surface area contributed by atoms with Crippen LogP contribution in [0.4, 0.5) is 4.79 Å². The topological polar surface area (TPSA) is 56.8 Å². The Labute approximate surface area is 119 Å². The van der Waals surface area contributed by atoms with Gasteiger partial charge in [-0.05, 0) is 32.9 Å². The van der Waals surface area contributed by atoms with Crippen LogP contribution in [0.2, 0.25) is 0 Å². The minimum absolute atomic E-state index is 0.117. The van der Waals surface area contributed by atoms with E-state index in [-0.39, 0.29) is 6.04 Å². The summed E-state index contributed by atoms with van der Waals surface area (Å²) in [6.07, 6.45) is 0.239. The van der Waals surface area contributed by atoms with Crippen molar-refractivity contribution in [1.29, 1.82) is 0 Å². The average molecular weight is 279 g/mol. The molecule has 20 heavy (non-hydrogen) atoms. The molecule has 1 aliphatic rings. The molecule has 0 unspecified atom stereocenters. The van der Waals surface area contributed by atoms with Crippen LogP contribution in [0.5, 0.6) is 11.5 Å². The van der Waals surface area contributed by atoms with E-state index < -0.39 is 11.7 Å². The summed E-state index contributed by atoms with van der Waals surface area (Å²) >= 11 is 0. The second-order valence-electron chi connectivity index (χ2n) is 5.80. The Morgan fingerprint density at radius 1 is 1.40 bits per heavy atom. The van der Waals surface area contributed by atoms with E-state index >= 15 is 0 Å². The van der Waals surface area contributed by atoms with Gasteiger partial charge in [0, 0.05) is 12.0 Å². The molecule has 1 amide bonds. The molecule has 1 aromatic rings. The largest absolute Gasteiger partial charge is 0.496 e. The van der Waals surface area contributed by atoms with Crippen LogP contribution < -0.4 is 14.8 Å². The van der Waals surface area contributed by atoms with Gasteiger partial charge in [0.05, 0.1) is 13.2 Å². The van der Waals surface area contributed by atoms with Crippen molar-refractivity contribution < 1.29 is 19.0 Å². The molecule has 1 aliphatic heterocycles. The van der Waals surface area contributed by atoms with E-state index in [1.807, 2.05) is 39.0 Å². The lowest BCUT2D eigenvalue weighted by atomic mass is 10.0. The van der Waals surface area contributed by atoms with Crippen molar-refractivity contribution in [2.24, 2.45) is 0 Å². The van der Waals surface area contributed by atoms with Crippen LogP contribution in [-0.4, -0.2) is 31.5 Å². The molecule has 5 nitrogen and oxygen atoms in total. The number of amides is 1. The summed E-state index contributed by atoms with van der Waals surface area (Å²) in [6, 6.07) is 5.56. The Kier molecular flexibility index (Phi) is 4.06. The van der Waals surface area contributed by atoms with Crippen molar-refractivity contribution in [1.82, 2.24) is 5.32 Å². The van der Waals surface area contributed by atoms with Crippen LogP contribution >= 0.6 is 0 Å². The standard InChI is InChI=1S/C15H21NO4/c1-15(2,3)20-14(17)16-10-8-11-12(18-4)6-5-7-13(11)19-9-10/h5-7,10H,8-9H2,1-4H3,(H,16,17)/t10-/m1/s1. The predicted octanol–water partition coefficient (Wildman–Crippen LogP) is 2.52. The van der Waals surface area contributed by atoms with E-state index in [1.165, 1.54) is 0 Å². The van der Waals surface area contributed by atoms with Crippen LogP contribution in [0.1, 0.15) is 26.3 Å². The summed E-state index contributed by atoms with van der Waals surface area (Å²) in [7, 11) is 1.63. The van der Waals surface area contributed by atoms with E-state index in [2.05, 4.69) is 5.32 Å². The zero-order valence-corrected chi connectivity index (χ0v) is 12.4. The van der Waals surface area contributed by atoms with Crippen LogP contribution in [-0.2, 0) is 11.2 Å². The number of carbonyl (C=O) groups is 1. The van der Waals surface area contributed by atoms with Gasteiger partial charge >= 0.3 is 6.09 Å². The Balaban J connectivity index is 2.02. The van der Waals surface area contributed by atoms with Crippen LogP contribution in [0, 0.1) is 0 Å². The van der Waals surface area contributed by atoms with Crippen molar-refractivity contribution in [3.63, 3.8) is 0 Å². The van der Waals surface area contributed by atoms with E-state index in [4.69, 9.17) is 14.2 Å². The van der Waals surface area contributed by atoms with Gasteiger partial charge in [-0.25, -0.2) is 4.79 Å². The van der Waals surface area contributed by atoms with Gasteiger partial charge in [0.1, 0.15) is 23.7 Å². The molecule has 0 saturated carbocycles. The van der Waals surface area contributed by atoms with Gasteiger partial charge in [-0.2, -0.15) is 0 Å². The summed E-state index contributed by atoms with van der Waals surface area (Å²) in [5.41, 5.74) is 0.470. The maximum absolute atomic E-state index is 11.8. The molecule has 0 aliphatic carbocycles. The van der Waals surface area contributed by atoms with Crippen molar-refractivity contribution in [2.75, 3.05) is 13.7 Å². The Morgan fingerprint density at radius 2 is 2.15 bits per heavy atom. The number of hydrogen-bond acceptors (Lipinski definition) is 4. The van der Waals surface area contributed by atoms with E-state index in [9.17, 15) is 4.79 Å². The molecule has 1 aromatic carbocycles. The second kappa shape index (κ2) is 5.61. The summed E-state index contributed by atoms with van der Waals surface area (Å²) in [6.45, 7) is 5.94. The second-order valence-corrected chi connectivity index (χ2v) is 5.80. The first-order chi connectivity index (χ1) is 9.39. The molecule has 5 heteroatoms. The maximum atomic E-state index is 11.8. The molecule has 110 valence electrons. The first-order valence-corrected chi connectivity index (χ1v) is 6.67. The van der Waals surface area contributed by atoms with Gasteiger partial charge in [-0.15, -0.1) is 0 Å². The molecule has 0 spiro atoms. The Morgan fingerprint density at radius 3 is 2.80 bits per heavy atom. The number of carbonyl (C=O) groups excluding carboxylic acids is 1. The highest BCUT2D eigenvalue weighted by Crippen LogP contribution is 2.32. The summed E-state index contributed by atoms with van der Waals surface area (Å²) in [5, 5.41) is 2.83. The molecule has 2 rings (SSSR count). The summed E-state index contributed by atoms with van der Waals surface area (Å²) in [5.74, 6) is 1.59. The van der Waals surface area contributed by atoms with Crippen molar-refractivity contribution in [3.05, 3.63) is 23.8 Å². The number of ether oxygens (including phenoxy) is 3. The maximum Gasteiger partial charge on any atom is 0.408 e. The minimum atomic E-state index is -0.505. The van der Waals surface area contributed by atoms with Crippen LogP contribution in [0.25, 0.3) is 0 Å². The van der Waals surface area contributed by atoms with Gasteiger partial charge in [0.15, 0.2) is 0 Å². The lowest BCUT2D eigenvalue weighted by Gasteiger charge is -2.28. The van der Waals surface area contributed by atoms with Crippen molar-refractivity contribution >= 4 is 6.09 Å². The predicted molar refractivity (Wildman–Crippen MR) is 75.4 cm³/mol. The normalized spacial score (nSPS) is 17.7. The fourth-order valence-electron chi connectivity index (χ4n) is 2.14. The lowest BCUT2D eigenvalue weighted by molar-refractivity contribution is 0.0481. The van der Waals surface area contributed by atoms with E-state index in [1.54, 1.807) is 7.11 Å². The first kappa shape index (κ1) is 14.5. The number of fused-ring (bicyclic) bond motifs is 1. The first-order valence-electron chi connectivity index (χ1n) is 6.67. The van der Waals surface area contributed by atoms with E-state index in [0.29, 0.717) is 13.0 Å². The van der Waals surface area contributed by atoms with Crippen molar-refractivity contribution in [3.8, 4) is 11.5 Å². The Bertz CT molecular complexity index is 479. The highest BCUT2D eigenvalue weighted by Gasteiger charge is 2.26. The van der Waals surface area contributed by atoms with Gasteiger partial charge < -0.3 is 19.5 Å². The number of hydrogen-bond donors (Lipinski definition) is 1. The van der Waals surface area contributed by atoms with E-state index in [0.717, 1.165) is 17.1 Å². The third-order valence-electron chi connectivity index (χ3n) is 2.92. The van der Waals surface area contributed by atoms with Gasteiger partial charge in [0.25, 0.3) is 0 Å². The number of methoxy groups -OCH3 is 1. The van der Waals surface area contributed by atoms with Gasteiger partial charge in [-0.3, -0.25) is 0 Å².